The first-order valence-electron chi connectivity index (χ1n) is 6.11. The summed E-state index contributed by atoms with van der Waals surface area (Å²) in [5.74, 6) is -1.45. The highest BCUT2D eigenvalue weighted by Crippen LogP contribution is 2.25. The lowest BCUT2D eigenvalue weighted by molar-refractivity contribution is -0.119. The Morgan fingerprint density at radius 3 is 2.48 bits per heavy atom. The average molecular weight is 394 g/mol. The first-order chi connectivity index (χ1) is 10.9. The maximum atomic E-state index is 11.8. The lowest BCUT2D eigenvalue weighted by Gasteiger charge is -2.08. The van der Waals surface area contributed by atoms with Crippen LogP contribution in [-0.2, 0) is 9.53 Å². The van der Waals surface area contributed by atoms with Gasteiger partial charge in [0.15, 0.2) is 12.3 Å². The first-order valence-corrected chi connectivity index (χ1v) is 7.62. The molecule has 0 saturated heterocycles. The number of pyridine rings is 1. The van der Waals surface area contributed by atoms with Crippen molar-refractivity contribution in [2.45, 2.75) is 0 Å². The van der Waals surface area contributed by atoms with E-state index in [2.05, 4.69) is 10.3 Å². The molecule has 2 rings (SSSR count). The van der Waals surface area contributed by atoms with E-state index in [4.69, 9.17) is 51.1 Å². The number of hydrogen-bond acceptors (Lipinski definition) is 4. The Morgan fingerprint density at radius 2 is 1.78 bits per heavy atom. The largest absolute Gasteiger partial charge is 0.451 e. The summed E-state index contributed by atoms with van der Waals surface area (Å²) in [7, 11) is 0. The van der Waals surface area contributed by atoms with Gasteiger partial charge in [-0.2, -0.15) is 0 Å². The Bertz CT molecular complexity index is 768. The van der Waals surface area contributed by atoms with Crippen molar-refractivity contribution in [3.63, 3.8) is 0 Å². The predicted octanol–water partition coefficient (Wildman–Crippen LogP) is 4.49. The molecule has 2 aromatic rings. The second kappa shape index (κ2) is 7.84. The number of rotatable bonds is 4. The Morgan fingerprint density at radius 1 is 1.04 bits per heavy atom. The van der Waals surface area contributed by atoms with Gasteiger partial charge in [0.2, 0.25) is 0 Å². The van der Waals surface area contributed by atoms with Gasteiger partial charge in [0, 0.05) is 5.02 Å². The molecular formula is C14H8Cl4N2O3. The Kier molecular flexibility index (Phi) is 6.07. The van der Waals surface area contributed by atoms with Crippen LogP contribution >= 0.6 is 46.4 Å². The van der Waals surface area contributed by atoms with Gasteiger partial charge in [-0.1, -0.05) is 46.4 Å². The van der Waals surface area contributed by atoms with Crippen molar-refractivity contribution in [3.8, 4) is 0 Å². The van der Waals surface area contributed by atoms with Gasteiger partial charge in [-0.15, -0.1) is 0 Å². The number of carbonyl (C=O) groups excluding carboxylic acids is 2. The number of aromatic nitrogens is 1. The second-order valence-corrected chi connectivity index (χ2v) is 5.85. The summed E-state index contributed by atoms with van der Waals surface area (Å²) >= 11 is 23.2. The van der Waals surface area contributed by atoms with E-state index in [0.29, 0.717) is 10.7 Å². The summed E-state index contributed by atoms with van der Waals surface area (Å²) in [4.78, 5) is 27.4. The molecule has 23 heavy (non-hydrogen) atoms. The molecule has 1 amide bonds. The number of halogens is 4. The number of nitrogens with zero attached hydrogens (tertiary/aromatic N) is 1. The quantitative estimate of drug-likeness (QED) is 0.613. The molecule has 1 aromatic carbocycles. The Labute approximate surface area is 151 Å². The molecule has 0 atom stereocenters. The monoisotopic (exact) mass is 392 g/mol. The third-order valence-electron chi connectivity index (χ3n) is 2.54. The smallest absolute Gasteiger partial charge is 0.359 e. The van der Waals surface area contributed by atoms with Crippen LogP contribution in [0.3, 0.4) is 0 Å². The zero-order chi connectivity index (χ0) is 17.0. The van der Waals surface area contributed by atoms with Crippen molar-refractivity contribution in [1.82, 2.24) is 4.98 Å². The van der Waals surface area contributed by atoms with Crippen molar-refractivity contribution in [3.05, 3.63) is 56.2 Å². The number of amides is 1. The third-order valence-corrected chi connectivity index (χ3v) is 3.61. The van der Waals surface area contributed by atoms with Crippen molar-refractivity contribution < 1.29 is 14.3 Å². The van der Waals surface area contributed by atoms with Gasteiger partial charge in [0.25, 0.3) is 5.91 Å². The number of esters is 1. The van der Waals surface area contributed by atoms with Crippen LogP contribution in [0, 0.1) is 0 Å². The molecule has 0 radical (unpaired) electrons. The van der Waals surface area contributed by atoms with E-state index in [1.165, 1.54) is 24.3 Å². The second-order valence-electron chi connectivity index (χ2n) is 4.21. The molecule has 0 fully saturated rings. The van der Waals surface area contributed by atoms with Crippen LogP contribution in [-0.4, -0.2) is 23.5 Å². The molecule has 5 nitrogen and oxygen atoms in total. The van der Waals surface area contributed by atoms with Gasteiger partial charge < -0.3 is 10.1 Å². The minimum absolute atomic E-state index is 0.0700. The lowest BCUT2D eigenvalue weighted by atomic mass is 10.3. The van der Waals surface area contributed by atoms with Crippen LogP contribution in [0.5, 0.6) is 0 Å². The van der Waals surface area contributed by atoms with Crippen molar-refractivity contribution >= 4 is 64.0 Å². The molecule has 0 bridgehead atoms. The van der Waals surface area contributed by atoms with Gasteiger partial charge >= 0.3 is 5.97 Å². The van der Waals surface area contributed by atoms with Crippen molar-refractivity contribution in [2.24, 2.45) is 0 Å². The Hall–Kier alpha value is -1.53. The van der Waals surface area contributed by atoms with Gasteiger partial charge in [-0.25, -0.2) is 9.78 Å². The highest BCUT2D eigenvalue weighted by molar-refractivity contribution is 6.36. The summed E-state index contributed by atoms with van der Waals surface area (Å²) in [5.41, 5.74) is 0.174. The minimum atomic E-state index is -0.866. The van der Waals surface area contributed by atoms with Gasteiger partial charge in [-0.3, -0.25) is 4.79 Å². The minimum Gasteiger partial charge on any atom is -0.451 e. The summed E-state index contributed by atoms with van der Waals surface area (Å²) in [6.07, 6.45) is 0. The average Bonchev–Trinajstić information content (AvgIpc) is 2.50. The molecule has 1 aromatic heterocycles. The van der Waals surface area contributed by atoms with E-state index in [-0.39, 0.29) is 20.9 Å². The summed E-state index contributed by atoms with van der Waals surface area (Å²) in [5, 5.41) is 3.33. The molecular weight excluding hydrogens is 386 g/mol. The number of nitrogens with one attached hydrogen (secondary N) is 1. The van der Waals surface area contributed by atoms with E-state index in [1.807, 2.05) is 0 Å². The maximum absolute atomic E-state index is 11.8. The molecule has 9 heteroatoms. The first kappa shape index (κ1) is 17.8. The zero-order valence-corrected chi connectivity index (χ0v) is 14.3. The number of carbonyl (C=O) groups is 2. The highest BCUT2D eigenvalue weighted by atomic mass is 35.5. The fourth-order valence-electron chi connectivity index (χ4n) is 1.54. The van der Waals surface area contributed by atoms with Crippen LogP contribution in [0.25, 0.3) is 0 Å². The van der Waals surface area contributed by atoms with E-state index in [0.717, 1.165) is 0 Å². The normalized spacial score (nSPS) is 10.3. The van der Waals surface area contributed by atoms with Crippen LogP contribution in [0.1, 0.15) is 10.5 Å². The van der Waals surface area contributed by atoms with E-state index < -0.39 is 18.5 Å². The summed E-state index contributed by atoms with van der Waals surface area (Å²) < 4.78 is 4.84. The number of ether oxygens (including phenoxy) is 1. The van der Waals surface area contributed by atoms with Gasteiger partial charge in [0.1, 0.15) is 5.15 Å². The van der Waals surface area contributed by atoms with Crippen molar-refractivity contribution in [2.75, 3.05) is 11.9 Å². The number of hydrogen-bond donors (Lipinski definition) is 1. The fraction of sp³-hybridized carbons (Fsp3) is 0.0714. The van der Waals surface area contributed by atoms with Gasteiger partial charge in [-0.05, 0) is 30.3 Å². The van der Waals surface area contributed by atoms with Crippen LogP contribution in [0.15, 0.2) is 30.3 Å². The van der Waals surface area contributed by atoms with Crippen LogP contribution in [0.2, 0.25) is 20.2 Å². The van der Waals surface area contributed by atoms with E-state index in [9.17, 15) is 9.59 Å². The third kappa shape index (κ3) is 4.97. The SMILES string of the molecule is O=C(COC(=O)c1nc(Cl)ccc1Cl)Nc1ccc(Cl)cc1Cl. The molecule has 1 N–H and O–H groups in total. The highest BCUT2D eigenvalue weighted by Gasteiger charge is 2.16. The number of benzene rings is 1. The predicted molar refractivity (Wildman–Crippen MR) is 89.6 cm³/mol. The number of anilines is 1. The summed E-state index contributed by atoms with van der Waals surface area (Å²) in [6.45, 7) is -0.539. The molecule has 120 valence electrons. The lowest BCUT2D eigenvalue weighted by Crippen LogP contribution is -2.21. The van der Waals surface area contributed by atoms with E-state index in [1.54, 1.807) is 6.07 Å². The van der Waals surface area contributed by atoms with Gasteiger partial charge in [0.05, 0.1) is 15.7 Å². The standard InChI is InChI=1S/C14H8Cl4N2O3/c15-7-1-3-10(9(17)5-7)19-12(21)6-23-14(22)13-8(16)2-4-11(18)20-13/h1-5H,6H2,(H,19,21). The molecule has 1 heterocycles. The van der Waals surface area contributed by atoms with Crippen molar-refractivity contribution in [1.29, 1.82) is 0 Å². The topological polar surface area (TPSA) is 68.3 Å². The summed E-state index contributed by atoms with van der Waals surface area (Å²) in [6, 6.07) is 7.39. The molecule has 0 aliphatic rings. The zero-order valence-electron chi connectivity index (χ0n) is 11.3. The van der Waals surface area contributed by atoms with Crippen LogP contribution < -0.4 is 5.32 Å². The fourth-order valence-corrected chi connectivity index (χ4v) is 2.32. The molecule has 0 aliphatic carbocycles. The molecule has 0 saturated carbocycles. The molecule has 0 aliphatic heterocycles. The molecule has 0 unspecified atom stereocenters. The van der Waals surface area contributed by atoms with Crippen LogP contribution in [0.4, 0.5) is 5.69 Å². The maximum Gasteiger partial charge on any atom is 0.359 e. The Balaban J connectivity index is 1.96. The van der Waals surface area contributed by atoms with E-state index >= 15 is 0 Å². The molecule has 0 spiro atoms.